The molecule has 0 saturated carbocycles. The lowest BCUT2D eigenvalue weighted by Gasteiger charge is -2.20. The number of hydrogen-bond acceptors (Lipinski definition) is 4. The topological polar surface area (TPSA) is 117 Å². The van der Waals surface area contributed by atoms with Gasteiger partial charge in [0, 0.05) is 26.6 Å². The van der Waals surface area contributed by atoms with E-state index in [2.05, 4.69) is 16.0 Å². The molecule has 3 amide bonds. The lowest BCUT2D eigenvalue weighted by molar-refractivity contribution is -0.140. The fraction of sp³-hybridized carbons (Fsp3) is 0.769. The van der Waals surface area contributed by atoms with Crippen LogP contribution in [0.4, 0.5) is 4.79 Å². The molecule has 4 N–H and O–H groups in total. The Labute approximate surface area is 124 Å². The van der Waals surface area contributed by atoms with Crippen LogP contribution in [0.2, 0.25) is 0 Å². The van der Waals surface area contributed by atoms with Crippen molar-refractivity contribution in [3.05, 3.63) is 0 Å². The van der Waals surface area contributed by atoms with Crippen LogP contribution in [0.3, 0.4) is 0 Å². The second kappa shape index (κ2) is 10.9. The van der Waals surface area contributed by atoms with Crippen molar-refractivity contribution in [3.63, 3.8) is 0 Å². The van der Waals surface area contributed by atoms with Gasteiger partial charge in [-0.25, -0.2) is 9.59 Å². The molecule has 0 bridgehead atoms. The van der Waals surface area contributed by atoms with Gasteiger partial charge in [0.25, 0.3) is 0 Å². The largest absolute Gasteiger partial charge is 0.480 e. The number of carbonyl (C=O) groups is 3. The predicted octanol–water partition coefficient (Wildman–Crippen LogP) is -0.0624. The number of nitrogens with one attached hydrogen (secondary N) is 3. The maximum absolute atomic E-state index is 11.6. The van der Waals surface area contributed by atoms with Crippen LogP contribution in [-0.2, 0) is 14.3 Å². The molecule has 122 valence electrons. The molecule has 8 heteroatoms. The van der Waals surface area contributed by atoms with Crippen LogP contribution in [0, 0.1) is 5.92 Å². The van der Waals surface area contributed by atoms with Gasteiger partial charge in [0.2, 0.25) is 5.91 Å². The highest BCUT2D eigenvalue weighted by atomic mass is 16.5. The second-order valence-corrected chi connectivity index (χ2v) is 4.69. The monoisotopic (exact) mass is 303 g/mol. The third-order valence-corrected chi connectivity index (χ3v) is 3.03. The van der Waals surface area contributed by atoms with E-state index in [4.69, 9.17) is 9.84 Å². The Hall–Kier alpha value is -1.83. The number of carboxylic acid groups (broad SMARTS) is 1. The number of urea groups is 1. The molecule has 0 saturated heterocycles. The van der Waals surface area contributed by atoms with Crippen LogP contribution in [0.25, 0.3) is 0 Å². The smallest absolute Gasteiger partial charge is 0.326 e. The van der Waals surface area contributed by atoms with Gasteiger partial charge in [-0.05, 0) is 5.92 Å². The molecule has 1 unspecified atom stereocenters. The van der Waals surface area contributed by atoms with Gasteiger partial charge in [-0.2, -0.15) is 0 Å². The molecule has 0 rings (SSSR count). The number of carbonyl (C=O) groups excluding carboxylic acids is 2. The maximum atomic E-state index is 11.6. The number of methoxy groups -OCH3 is 1. The second-order valence-electron chi connectivity index (χ2n) is 4.69. The van der Waals surface area contributed by atoms with Crippen molar-refractivity contribution in [2.24, 2.45) is 5.92 Å². The summed E-state index contributed by atoms with van der Waals surface area (Å²) in [6.07, 6.45) is 0.761. The Balaban J connectivity index is 3.98. The molecular formula is C13H25N3O5. The van der Waals surface area contributed by atoms with Crippen molar-refractivity contribution in [2.45, 2.75) is 32.7 Å². The summed E-state index contributed by atoms with van der Waals surface area (Å²) in [6, 6.07) is -1.53. The summed E-state index contributed by atoms with van der Waals surface area (Å²) in [4.78, 5) is 34.0. The standard InChI is InChI=1S/C13H25N3O5/c1-4-9(2)11(12(18)19)16-13(20)15-6-5-10(17)14-7-8-21-3/h9,11H,4-8H2,1-3H3,(H,14,17)(H,18,19)(H2,15,16,20)/t9?,11-/m0/s1. The molecule has 0 radical (unpaired) electrons. The molecule has 0 fully saturated rings. The van der Waals surface area contributed by atoms with Crippen molar-refractivity contribution in [2.75, 3.05) is 26.8 Å². The average molecular weight is 303 g/mol. The van der Waals surface area contributed by atoms with Crippen molar-refractivity contribution >= 4 is 17.9 Å². The first-order valence-corrected chi connectivity index (χ1v) is 6.95. The summed E-state index contributed by atoms with van der Waals surface area (Å²) in [7, 11) is 1.54. The molecule has 21 heavy (non-hydrogen) atoms. The molecule has 8 nitrogen and oxygen atoms in total. The molecule has 0 aliphatic heterocycles. The van der Waals surface area contributed by atoms with Crippen LogP contribution in [-0.4, -0.2) is 55.9 Å². The third kappa shape index (κ3) is 8.85. The van der Waals surface area contributed by atoms with E-state index >= 15 is 0 Å². The fourth-order valence-corrected chi connectivity index (χ4v) is 1.55. The number of hydrogen-bond donors (Lipinski definition) is 4. The van der Waals surface area contributed by atoms with E-state index in [0.29, 0.717) is 19.6 Å². The van der Waals surface area contributed by atoms with Gasteiger partial charge in [0.15, 0.2) is 0 Å². The van der Waals surface area contributed by atoms with Crippen molar-refractivity contribution in [3.8, 4) is 0 Å². The van der Waals surface area contributed by atoms with E-state index in [0.717, 1.165) is 0 Å². The third-order valence-electron chi connectivity index (χ3n) is 3.03. The van der Waals surface area contributed by atoms with Crippen LogP contribution >= 0.6 is 0 Å². The maximum Gasteiger partial charge on any atom is 0.326 e. The van der Waals surface area contributed by atoms with Crippen LogP contribution < -0.4 is 16.0 Å². The summed E-state index contributed by atoms with van der Waals surface area (Å²) < 4.78 is 4.78. The van der Waals surface area contributed by atoms with Crippen LogP contribution in [0.1, 0.15) is 26.7 Å². The zero-order valence-electron chi connectivity index (χ0n) is 12.8. The fourth-order valence-electron chi connectivity index (χ4n) is 1.55. The summed E-state index contributed by atoms with van der Waals surface area (Å²) in [5.41, 5.74) is 0. The van der Waals surface area contributed by atoms with E-state index in [9.17, 15) is 14.4 Å². The van der Waals surface area contributed by atoms with Gasteiger partial charge in [-0.15, -0.1) is 0 Å². The summed E-state index contributed by atoms with van der Waals surface area (Å²) in [6.45, 7) is 4.58. The molecule has 0 aliphatic rings. The molecule has 2 atom stereocenters. The molecule has 0 aliphatic carbocycles. The first-order chi connectivity index (χ1) is 9.92. The molecule has 0 aromatic heterocycles. The van der Waals surface area contributed by atoms with E-state index in [1.165, 1.54) is 7.11 Å². The van der Waals surface area contributed by atoms with Gasteiger partial charge in [-0.3, -0.25) is 4.79 Å². The van der Waals surface area contributed by atoms with Gasteiger partial charge < -0.3 is 25.8 Å². The minimum atomic E-state index is -1.07. The molecule has 0 heterocycles. The number of rotatable bonds is 10. The molecule has 0 aromatic carbocycles. The normalized spacial score (nSPS) is 13.1. The number of aliphatic carboxylic acids is 1. The molecule has 0 aromatic rings. The average Bonchev–Trinajstić information content (AvgIpc) is 2.44. The Morgan fingerprint density at radius 3 is 2.38 bits per heavy atom. The minimum Gasteiger partial charge on any atom is -0.480 e. The van der Waals surface area contributed by atoms with Gasteiger partial charge in [0.05, 0.1) is 6.61 Å². The first-order valence-electron chi connectivity index (χ1n) is 6.95. The number of carboxylic acids is 1. The summed E-state index contributed by atoms with van der Waals surface area (Å²) >= 11 is 0. The highest BCUT2D eigenvalue weighted by molar-refractivity contribution is 5.83. The van der Waals surface area contributed by atoms with Gasteiger partial charge >= 0.3 is 12.0 Å². The van der Waals surface area contributed by atoms with Crippen molar-refractivity contribution in [1.82, 2.24) is 16.0 Å². The lowest BCUT2D eigenvalue weighted by Crippen LogP contribution is -2.49. The van der Waals surface area contributed by atoms with Gasteiger partial charge in [0.1, 0.15) is 6.04 Å². The molecule has 0 spiro atoms. The highest BCUT2D eigenvalue weighted by Gasteiger charge is 2.25. The Bertz CT molecular complexity index is 349. The number of amides is 3. The predicted molar refractivity (Wildman–Crippen MR) is 76.9 cm³/mol. The van der Waals surface area contributed by atoms with Gasteiger partial charge in [-0.1, -0.05) is 20.3 Å². The zero-order valence-corrected chi connectivity index (χ0v) is 12.8. The van der Waals surface area contributed by atoms with E-state index in [-0.39, 0.29) is 24.8 Å². The summed E-state index contributed by atoms with van der Waals surface area (Å²) in [5.74, 6) is -1.45. The Kier molecular flexibility index (Phi) is 9.95. The quantitative estimate of drug-likeness (QED) is 0.422. The molecular weight excluding hydrogens is 278 g/mol. The number of ether oxygens (including phenoxy) is 1. The van der Waals surface area contributed by atoms with Crippen LogP contribution in [0.5, 0.6) is 0 Å². The summed E-state index contributed by atoms with van der Waals surface area (Å²) in [5, 5.41) is 16.5. The SMILES string of the molecule is CCC(C)[C@H](NC(=O)NCCC(=O)NCCOC)C(=O)O. The lowest BCUT2D eigenvalue weighted by atomic mass is 9.99. The minimum absolute atomic E-state index is 0.123. The van der Waals surface area contributed by atoms with E-state index in [1.54, 1.807) is 6.92 Å². The van der Waals surface area contributed by atoms with Crippen LogP contribution in [0.15, 0.2) is 0 Å². The van der Waals surface area contributed by atoms with E-state index in [1.807, 2.05) is 6.92 Å². The first kappa shape index (κ1) is 19.2. The zero-order chi connectivity index (χ0) is 16.3. The van der Waals surface area contributed by atoms with Crippen molar-refractivity contribution < 1.29 is 24.2 Å². The van der Waals surface area contributed by atoms with Crippen molar-refractivity contribution in [1.29, 1.82) is 0 Å². The Morgan fingerprint density at radius 1 is 1.19 bits per heavy atom. The Morgan fingerprint density at radius 2 is 1.86 bits per heavy atom. The highest BCUT2D eigenvalue weighted by Crippen LogP contribution is 2.07. The van der Waals surface area contributed by atoms with E-state index < -0.39 is 18.0 Å².